The van der Waals surface area contributed by atoms with Gasteiger partial charge in [-0.1, -0.05) is 20.8 Å². The largest absolute Gasteiger partial charge is 0.292 e. The van der Waals surface area contributed by atoms with Crippen molar-refractivity contribution in [3.05, 3.63) is 17.5 Å². The summed E-state index contributed by atoms with van der Waals surface area (Å²) in [6, 6.07) is 1.95. The fourth-order valence-electron chi connectivity index (χ4n) is 1.84. The van der Waals surface area contributed by atoms with Crippen molar-refractivity contribution < 1.29 is 4.79 Å². The fraction of sp³-hybridized carbons (Fsp3) is 0.667. The van der Waals surface area contributed by atoms with Crippen LogP contribution in [0.2, 0.25) is 0 Å². The molecule has 1 aliphatic rings. The summed E-state index contributed by atoms with van der Waals surface area (Å²) in [5.41, 5.74) is 1.81. The van der Waals surface area contributed by atoms with E-state index < -0.39 is 0 Å². The Balaban J connectivity index is 2.32. The van der Waals surface area contributed by atoms with Crippen molar-refractivity contribution in [3.8, 4) is 0 Å². The Morgan fingerprint density at radius 1 is 1.47 bits per heavy atom. The van der Waals surface area contributed by atoms with E-state index in [1.54, 1.807) is 0 Å². The number of nitrogens with zero attached hydrogens (tertiary/aromatic N) is 2. The Hall–Kier alpha value is -1.12. The molecule has 0 saturated heterocycles. The van der Waals surface area contributed by atoms with Crippen LogP contribution in [0.25, 0.3) is 0 Å². The molecule has 1 aromatic heterocycles. The number of ketones is 1. The van der Waals surface area contributed by atoms with E-state index in [1.165, 1.54) is 0 Å². The Labute approximate surface area is 90.5 Å². The van der Waals surface area contributed by atoms with Crippen LogP contribution >= 0.6 is 0 Å². The molecule has 1 heterocycles. The lowest BCUT2D eigenvalue weighted by Crippen LogP contribution is -2.16. The van der Waals surface area contributed by atoms with Crippen molar-refractivity contribution in [1.82, 2.24) is 9.78 Å². The number of rotatable bonds is 2. The molecule has 0 aliphatic heterocycles. The summed E-state index contributed by atoms with van der Waals surface area (Å²) in [4.78, 5) is 11.8. The molecule has 0 atom stereocenters. The molecule has 15 heavy (non-hydrogen) atoms. The van der Waals surface area contributed by atoms with E-state index in [-0.39, 0.29) is 17.1 Å². The zero-order valence-electron chi connectivity index (χ0n) is 9.87. The molecule has 0 aromatic carbocycles. The van der Waals surface area contributed by atoms with Crippen LogP contribution in [0.3, 0.4) is 0 Å². The number of aromatic nitrogens is 2. The SMILES string of the molecule is Cn1nc(C(=O)C2CC2)cc1C(C)(C)C. The van der Waals surface area contributed by atoms with E-state index in [4.69, 9.17) is 0 Å². The quantitative estimate of drug-likeness (QED) is 0.696. The summed E-state index contributed by atoms with van der Waals surface area (Å²) in [7, 11) is 1.91. The highest BCUT2D eigenvalue weighted by atomic mass is 16.1. The van der Waals surface area contributed by atoms with Gasteiger partial charge in [-0.25, -0.2) is 0 Å². The maximum Gasteiger partial charge on any atom is 0.186 e. The molecular formula is C12H18N2O. The zero-order valence-corrected chi connectivity index (χ0v) is 9.87. The van der Waals surface area contributed by atoms with E-state index >= 15 is 0 Å². The van der Waals surface area contributed by atoms with Crippen LogP contribution in [-0.2, 0) is 12.5 Å². The Bertz CT molecular complexity index is 394. The normalized spacial score (nSPS) is 16.8. The standard InChI is InChI=1S/C12H18N2O/c1-12(2,3)10-7-9(13-14(10)4)11(15)8-5-6-8/h7-8H,5-6H2,1-4H3. The van der Waals surface area contributed by atoms with Crippen molar-refractivity contribution in [2.75, 3.05) is 0 Å². The van der Waals surface area contributed by atoms with Crippen LogP contribution in [0, 0.1) is 5.92 Å². The topological polar surface area (TPSA) is 34.9 Å². The number of hydrogen-bond donors (Lipinski definition) is 0. The molecule has 82 valence electrons. The van der Waals surface area contributed by atoms with Crippen molar-refractivity contribution in [1.29, 1.82) is 0 Å². The number of carbonyl (C=O) groups excluding carboxylic acids is 1. The molecular weight excluding hydrogens is 188 g/mol. The molecule has 1 aromatic rings. The second-order valence-electron chi connectivity index (χ2n) is 5.43. The van der Waals surface area contributed by atoms with Gasteiger partial charge >= 0.3 is 0 Å². The van der Waals surface area contributed by atoms with Gasteiger partial charge in [0.05, 0.1) is 0 Å². The molecule has 3 heteroatoms. The molecule has 0 amide bonds. The number of Topliss-reactive ketones (excluding diaryl/α,β-unsaturated/α-hetero) is 1. The van der Waals surface area contributed by atoms with E-state index in [0.29, 0.717) is 5.69 Å². The molecule has 3 nitrogen and oxygen atoms in total. The molecule has 0 spiro atoms. The van der Waals surface area contributed by atoms with Crippen LogP contribution in [0.15, 0.2) is 6.07 Å². The maximum absolute atomic E-state index is 11.8. The van der Waals surface area contributed by atoms with Gasteiger partial charge in [0.2, 0.25) is 0 Å². The van der Waals surface area contributed by atoms with Gasteiger partial charge in [0.15, 0.2) is 5.78 Å². The molecule has 2 rings (SSSR count). The second-order valence-corrected chi connectivity index (χ2v) is 5.43. The molecule has 0 bridgehead atoms. The third-order valence-electron chi connectivity index (χ3n) is 2.85. The first-order chi connectivity index (χ1) is 6.89. The van der Waals surface area contributed by atoms with Crippen LogP contribution in [0.1, 0.15) is 49.8 Å². The zero-order chi connectivity index (χ0) is 11.2. The van der Waals surface area contributed by atoms with Crippen molar-refractivity contribution in [2.24, 2.45) is 13.0 Å². The van der Waals surface area contributed by atoms with Crippen LogP contribution in [-0.4, -0.2) is 15.6 Å². The lowest BCUT2D eigenvalue weighted by atomic mass is 9.91. The summed E-state index contributed by atoms with van der Waals surface area (Å²) in [6.07, 6.45) is 2.08. The first-order valence-corrected chi connectivity index (χ1v) is 5.48. The summed E-state index contributed by atoms with van der Waals surface area (Å²) in [6.45, 7) is 6.40. The van der Waals surface area contributed by atoms with E-state index in [1.807, 2.05) is 17.8 Å². The summed E-state index contributed by atoms with van der Waals surface area (Å²) < 4.78 is 1.83. The number of hydrogen-bond acceptors (Lipinski definition) is 2. The van der Waals surface area contributed by atoms with Gasteiger partial charge in [0.25, 0.3) is 0 Å². The Morgan fingerprint density at radius 3 is 2.47 bits per heavy atom. The van der Waals surface area contributed by atoms with Gasteiger partial charge in [-0.2, -0.15) is 5.10 Å². The van der Waals surface area contributed by atoms with Gasteiger partial charge < -0.3 is 0 Å². The van der Waals surface area contributed by atoms with Crippen molar-refractivity contribution >= 4 is 5.78 Å². The molecule has 0 unspecified atom stereocenters. The van der Waals surface area contributed by atoms with E-state index in [0.717, 1.165) is 18.5 Å². The van der Waals surface area contributed by atoms with Gasteiger partial charge in [0.1, 0.15) is 5.69 Å². The number of carbonyl (C=O) groups is 1. The molecule has 0 N–H and O–H groups in total. The highest BCUT2D eigenvalue weighted by Crippen LogP contribution is 2.33. The number of aryl methyl sites for hydroxylation is 1. The van der Waals surface area contributed by atoms with Crippen LogP contribution in [0.5, 0.6) is 0 Å². The maximum atomic E-state index is 11.8. The average molecular weight is 206 g/mol. The van der Waals surface area contributed by atoms with Gasteiger partial charge in [-0.15, -0.1) is 0 Å². The molecule has 0 radical (unpaired) electrons. The van der Waals surface area contributed by atoms with E-state index in [2.05, 4.69) is 25.9 Å². The summed E-state index contributed by atoms with van der Waals surface area (Å²) >= 11 is 0. The van der Waals surface area contributed by atoms with Crippen molar-refractivity contribution in [3.63, 3.8) is 0 Å². The molecule has 1 fully saturated rings. The first-order valence-electron chi connectivity index (χ1n) is 5.48. The highest BCUT2D eigenvalue weighted by Gasteiger charge is 2.33. The summed E-state index contributed by atoms with van der Waals surface area (Å²) in [5.74, 6) is 0.480. The smallest absolute Gasteiger partial charge is 0.186 e. The monoisotopic (exact) mass is 206 g/mol. The minimum atomic E-state index is 0.0455. The molecule has 1 saturated carbocycles. The lowest BCUT2D eigenvalue weighted by Gasteiger charge is -2.17. The average Bonchev–Trinajstić information content (AvgIpc) is 2.86. The third-order valence-corrected chi connectivity index (χ3v) is 2.85. The van der Waals surface area contributed by atoms with Gasteiger partial charge in [0, 0.05) is 24.1 Å². The van der Waals surface area contributed by atoms with Crippen LogP contribution < -0.4 is 0 Å². The van der Waals surface area contributed by atoms with Gasteiger partial charge in [-0.3, -0.25) is 9.48 Å². The predicted molar refractivity (Wildman–Crippen MR) is 59.0 cm³/mol. The minimum Gasteiger partial charge on any atom is -0.292 e. The fourth-order valence-corrected chi connectivity index (χ4v) is 1.84. The second kappa shape index (κ2) is 3.19. The third kappa shape index (κ3) is 1.96. The molecule has 1 aliphatic carbocycles. The lowest BCUT2D eigenvalue weighted by molar-refractivity contribution is 0.0962. The summed E-state index contributed by atoms with van der Waals surface area (Å²) in [5, 5.41) is 4.31. The van der Waals surface area contributed by atoms with Gasteiger partial charge in [-0.05, 0) is 18.9 Å². The Morgan fingerprint density at radius 2 is 2.07 bits per heavy atom. The van der Waals surface area contributed by atoms with Crippen molar-refractivity contribution in [2.45, 2.75) is 39.0 Å². The Kier molecular flexibility index (Phi) is 2.21. The van der Waals surface area contributed by atoms with E-state index in [9.17, 15) is 4.79 Å². The highest BCUT2D eigenvalue weighted by molar-refractivity contribution is 5.97. The predicted octanol–water partition coefficient (Wildman–Crippen LogP) is 2.31. The minimum absolute atomic E-state index is 0.0455. The first kappa shape index (κ1) is 10.4. The van der Waals surface area contributed by atoms with Crippen LogP contribution in [0.4, 0.5) is 0 Å².